The Morgan fingerprint density at radius 1 is 0.917 bits per heavy atom. The highest BCUT2D eigenvalue weighted by Gasteiger charge is 2.61. The van der Waals surface area contributed by atoms with Crippen molar-refractivity contribution in [3.8, 4) is 11.5 Å². The summed E-state index contributed by atoms with van der Waals surface area (Å²) in [5.74, 6) is -3.30. The highest BCUT2D eigenvalue weighted by molar-refractivity contribution is 9.10. The molecule has 2 aliphatic heterocycles. The molecule has 8 nitrogen and oxygen atoms in total. The van der Waals surface area contributed by atoms with Crippen LogP contribution in [-0.4, -0.2) is 58.7 Å². The van der Waals surface area contributed by atoms with Gasteiger partial charge in [0, 0.05) is 19.0 Å². The van der Waals surface area contributed by atoms with Crippen molar-refractivity contribution in [1.29, 1.82) is 0 Å². The van der Waals surface area contributed by atoms with E-state index in [9.17, 15) is 24.3 Å². The number of nitrogens with zero attached hydrogens (tertiary/aromatic N) is 2. The molecule has 0 spiro atoms. The molecule has 0 bridgehead atoms. The first-order valence-electron chi connectivity index (χ1n) is 12.7. The lowest BCUT2D eigenvalue weighted by Gasteiger charge is -2.44. The molecule has 1 aromatic carbocycles. The fourth-order valence-electron chi connectivity index (χ4n) is 6.91. The van der Waals surface area contributed by atoms with Crippen molar-refractivity contribution >= 4 is 39.6 Å². The summed E-state index contributed by atoms with van der Waals surface area (Å²) in [5.41, 5.74) is 1.68. The lowest BCUT2D eigenvalue weighted by atomic mass is 9.57. The molecule has 4 amide bonds. The summed E-state index contributed by atoms with van der Waals surface area (Å²) in [6.45, 7) is 4.62. The third-order valence-corrected chi connectivity index (χ3v) is 8.96. The number of allylic oxidation sites excluding steroid dienone is 2. The van der Waals surface area contributed by atoms with E-state index in [-0.39, 0.29) is 41.0 Å². The highest BCUT2D eigenvalue weighted by atomic mass is 79.9. The predicted octanol–water partition coefficient (Wildman–Crippen LogP) is 3.62. The fourth-order valence-corrected chi connectivity index (χ4v) is 7.37. The monoisotopic (exact) mass is 558 g/mol. The van der Waals surface area contributed by atoms with Crippen LogP contribution in [0, 0.1) is 29.6 Å². The Morgan fingerprint density at radius 3 is 2.14 bits per heavy atom. The number of fused-ring (bicyclic) bond motifs is 4. The van der Waals surface area contributed by atoms with Crippen LogP contribution in [0.2, 0.25) is 0 Å². The van der Waals surface area contributed by atoms with Gasteiger partial charge in [-0.05, 0) is 65.2 Å². The van der Waals surface area contributed by atoms with E-state index in [1.54, 1.807) is 12.1 Å². The third-order valence-electron chi connectivity index (χ3n) is 8.36. The molecule has 6 atom stereocenters. The van der Waals surface area contributed by atoms with Gasteiger partial charge >= 0.3 is 0 Å². The molecular formula is C27H31BrN2O6. The summed E-state index contributed by atoms with van der Waals surface area (Å²) < 4.78 is 5.81. The standard InChI is InChI=1S/C27H31BrN2O6/c1-4-8-29-24(32)15-7-6-14-16(21(15)26(29)34)12-17-22(27(35)30(9-5-2)25(17)33)20(14)13-10-18(28)23(31)19(11-13)36-3/h6,10-11,15-17,20-22,31H,4-5,7-9,12H2,1-3H3. The summed E-state index contributed by atoms with van der Waals surface area (Å²) in [7, 11) is 1.46. The molecule has 0 radical (unpaired) electrons. The first-order chi connectivity index (χ1) is 17.2. The highest BCUT2D eigenvalue weighted by Crippen LogP contribution is 2.58. The quantitative estimate of drug-likeness (QED) is 0.422. The molecule has 2 saturated heterocycles. The Bertz CT molecular complexity index is 1180. The van der Waals surface area contributed by atoms with Gasteiger partial charge in [0.2, 0.25) is 23.6 Å². The van der Waals surface area contributed by atoms with E-state index in [1.807, 2.05) is 19.9 Å². The largest absolute Gasteiger partial charge is 0.503 e. The Balaban J connectivity index is 1.65. The van der Waals surface area contributed by atoms with Gasteiger partial charge in [0.15, 0.2) is 11.5 Å². The molecule has 5 rings (SSSR count). The lowest BCUT2D eigenvalue weighted by molar-refractivity contribution is -0.142. The number of carbonyl (C=O) groups is 4. The van der Waals surface area contributed by atoms with E-state index in [1.165, 1.54) is 16.9 Å². The zero-order valence-corrected chi connectivity index (χ0v) is 22.3. The van der Waals surface area contributed by atoms with E-state index in [4.69, 9.17) is 4.74 Å². The van der Waals surface area contributed by atoms with Crippen LogP contribution in [0.4, 0.5) is 0 Å². The number of methoxy groups -OCH3 is 1. The summed E-state index contributed by atoms with van der Waals surface area (Å²) in [6, 6.07) is 3.47. The molecule has 0 aromatic heterocycles. The Morgan fingerprint density at radius 2 is 1.53 bits per heavy atom. The van der Waals surface area contributed by atoms with Gasteiger partial charge in [-0.15, -0.1) is 0 Å². The van der Waals surface area contributed by atoms with Crippen LogP contribution in [0.1, 0.15) is 51.0 Å². The van der Waals surface area contributed by atoms with Crippen molar-refractivity contribution < 1.29 is 29.0 Å². The zero-order chi connectivity index (χ0) is 25.9. The molecule has 192 valence electrons. The summed E-state index contributed by atoms with van der Waals surface area (Å²) in [4.78, 5) is 56.5. The maximum Gasteiger partial charge on any atom is 0.234 e. The van der Waals surface area contributed by atoms with Crippen LogP contribution < -0.4 is 4.74 Å². The minimum atomic E-state index is -0.594. The van der Waals surface area contributed by atoms with Gasteiger partial charge in [0.1, 0.15) is 0 Å². The number of benzene rings is 1. The van der Waals surface area contributed by atoms with Crippen molar-refractivity contribution in [2.45, 2.75) is 45.4 Å². The molecule has 1 N–H and O–H groups in total. The van der Waals surface area contributed by atoms with Crippen LogP contribution >= 0.6 is 15.9 Å². The normalized spacial score (nSPS) is 31.4. The average Bonchev–Trinajstić information content (AvgIpc) is 3.25. The molecule has 36 heavy (non-hydrogen) atoms. The second-order valence-electron chi connectivity index (χ2n) is 10.2. The number of aromatic hydroxyl groups is 1. The molecule has 2 aliphatic carbocycles. The number of hydrogen-bond acceptors (Lipinski definition) is 6. The molecule has 9 heteroatoms. The van der Waals surface area contributed by atoms with Crippen LogP contribution in [0.3, 0.4) is 0 Å². The minimum absolute atomic E-state index is 0.0453. The Hall–Kier alpha value is -2.68. The van der Waals surface area contributed by atoms with Gasteiger partial charge in [0.25, 0.3) is 0 Å². The third kappa shape index (κ3) is 3.53. The van der Waals surface area contributed by atoms with Gasteiger partial charge in [-0.2, -0.15) is 0 Å². The van der Waals surface area contributed by atoms with Crippen LogP contribution in [0.5, 0.6) is 11.5 Å². The van der Waals surface area contributed by atoms with Crippen LogP contribution in [-0.2, 0) is 19.2 Å². The number of hydrogen-bond donors (Lipinski definition) is 1. The number of halogens is 1. The smallest absolute Gasteiger partial charge is 0.234 e. The first-order valence-corrected chi connectivity index (χ1v) is 13.5. The minimum Gasteiger partial charge on any atom is -0.503 e. The van der Waals surface area contributed by atoms with Crippen molar-refractivity contribution in [2.75, 3.05) is 20.2 Å². The predicted molar refractivity (Wildman–Crippen MR) is 134 cm³/mol. The maximum absolute atomic E-state index is 13.6. The summed E-state index contributed by atoms with van der Waals surface area (Å²) in [5, 5.41) is 10.4. The maximum atomic E-state index is 13.6. The number of imide groups is 2. The van der Waals surface area contributed by atoms with Gasteiger partial charge in [-0.3, -0.25) is 29.0 Å². The number of phenolic OH excluding ortho intramolecular Hbond substituents is 1. The van der Waals surface area contributed by atoms with Crippen molar-refractivity contribution in [3.63, 3.8) is 0 Å². The summed E-state index contributed by atoms with van der Waals surface area (Å²) in [6.07, 6.45) is 4.20. The number of carbonyl (C=O) groups excluding carboxylic acids is 4. The second-order valence-corrected chi connectivity index (χ2v) is 11.1. The summed E-state index contributed by atoms with van der Waals surface area (Å²) >= 11 is 3.40. The molecule has 2 heterocycles. The molecule has 1 aromatic rings. The van der Waals surface area contributed by atoms with Gasteiger partial charge < -0.3 is 9.84 Å². The average molecular weight is 559 g/mol. The molecule has 4 aliphatic rings. The Kier molecular flexibility index (Phi) is 6.47. The molecule has 6 unspecified atom stereocenters. The zero-order valence-electron chi connectivity index (χ0n) is 20.7. The van der Waals surface area contributed by atoms with Crippen LogP contribution in [0.15, 0.2) is 28.3 Å². The van der Waals surface area contributed by atoms with E-state index in [0.717, 1.165) is 11.1 Å². The van der Waals surface area contributed by atoms with Gasteiger partial charge in [-0.25, -0.2) is 0 Å². The van der Waals surface area contributed by atoms with E-state index < -0.39 is 29.6 Å². The van der Waals surface area contributed by atoms with Crippen molar-refractivity contribution in [3.05, 3.63) is 33.8 Å². The van der Waals surface area contributed by atoms with Crippen molar-refractivity contribution in [1.82, 2.24) is 9.80 Å². The van der Waals surface area contributed by atoms with E-state index in [2.05, 4.69) is 15.9 Å². The van der Waals surface area contributed by atoms with Crippen LogP contribution in [0.25, 0.3) is 0 Å². The van der Waals surface area contributed by atoms with Gasteiger partial charge in [-0.1, -0.05) is 25.5 Å². The van der Waals surface area contributed by atoms with Crippen molar-refractivity contribution in [2.24, 2.45) is 29.6 Å². The fraction of sp³-hybridized carbons (Fsp3) is 0.556. The Labute approximate surface area is 218 Å². The number of ether oxygens (including phenoxy) is 1. The number of rotatable bonds is 6. The molecule has 1 saturated carbocycles. The topological polar surface area (TPSA) is 104 Å². The SMILES string of the molecule is CCCN1C(=O)C2CC=C3C(CC4C(=O)N(CCC)C(=O)C4C3c3cc(Br)c(O)c(OC)c3)C2C1=O. The number of likely N-dealkylation sites (tertiary alicyclic amines) is 2. The molecular weight excluding hydrogens is 528 g/mol. The number of phenols is 1. The molecule has 3 fully saturated rings. The number of amides is 4. The van der Waals surface area contributed by atoms with E-state index in [0.29, 0.717) is 43.2 Å². The second kappa shape index (κ2) is 9.32. The first kappa shape index (κ1) is 25.0. The lowest BCUT2D eigenvalue weighted by Crippen LogP contribution is -2.43. The van der Waals surface area contributed by atoms with E-state index >= 15 is 0 Å². The van der Waals surface area contributed by atoms with Gasteiger partial charge in [0.05, 0.1) is 35.3 Å².